The topological polar surface area (TPSA) is 77.9 Å². The van der Waals surface area contributed by atoms with Crippen molar-refractivity contribution in [1.29, 1.82) is 0 Å². The Bertz CT molecular complexity index is 835. The molecule has 1 N–H and O–H groups in total. The van der Waals surface area contributed by atoms with Gasteiger partial charge in [-0.3, -0.25) is 10.0 Å². The smallest absolute Gasteiger partial charge is 0.264 e. The summed E-state index contributed by atoms with van der Waals surface area (Å²) in [5, 5.41) is 9.94. The van der Waals surface area contributed by atoms with E-state index in [9.17, 15) is 18.4 Å². The molecule has 0 aromatic heterocycles. The normalized spacial score (nSPS) is 18.4. The molecule has 2 aromatic rings. The lowest BCUT2D eigenvalue weighted by atomic mass is 10.1. The first kappa shape index (κ1) is 16.6. The van der Waals surface area contributed by atoms with Gasteiger partial charge in [-0.1, -0.05) is 42.5 Å². The first-order valence-corrected chi connectivity index (χ1v) is 8.99. The van der Waals surface area contributed by atoms with Crippen LogP contribution in [0.1, 0.15) is 6.42 Å². The molecule has 1 heterocycles. The van der Waals surface area contributed by atoms with Gasteiger partial charge < -0.3 is 0 Å². The standard InChI is InChI=1S/C17H18N2O4S/c1-18(16-11-12-19(21)17(16)20)24(22,23)15-9-7-14(8-10-15)13-5-3-2-4-6-13/h2-10,16,21H,11-12H2,1H3/t16-/m0/s1. The first-order chi connectivity index (χ1) is 11.4. The van der Waals surface area contributed by atoms with Crippen LogP contribution >= 0.6 is 0 Å². The lowest BCUT2D eigenvalue weighted by Crippen LogP contribution is -2.42. The summed E-state index contributed by atoms with van der Waals surface area (Å²) in [6.07, 6.45) is 0.271. The zero-order chi connectivity index (χ0) is 17.3. The van der Waals surface area contributed by atoms with Gasteiger partial charge in [0.05, 0.1) is 11.4 Å². The highest BCUT2D eigenvalue weighted by Crippen LogP contribution is 2.25. The molecule has 0 radical (unpaired) electrons. The number of likely N-dealkylation sites (N-methyl/N-ethyl adjacent to an activating group) is 1. The first-order valence-electron chi connectivity index (χ1n) is 7.55. The van der Waals surface area contributed by atoms with Crippen LogP contribution in [-0.2, 0) is 14.8 Å². The fraction of sp³-hybridized carbons (Fsp3) is 0.235. The van der Waals surface area contributed by atoms with Crippen LogP contribution in [0.15, 0.2) is 59.5 Å². The fourth-order valence-electron chi connectivity index (χ4n) is 2.77. The Morgan fingerprint density at radius 1 is 1.04 bits per heavy atom. The molecule has 6 nitrogen and oxygen atoms in total. The number of sulfonamides is 1. The molecule has 1 aliphatic rings. The van der Waals surface area contributed by atoms with Gasteiger partial charge in [-0.25, -0.2) is 13.5 Å². The van der Waals surface area contributed by atoms with E-state index in [4.69, 9.17) is 0 Å². The molecule has 7 heteroatoms. The molecule has 1 atom stereocenters. The molecule has 0 bridgehead atoms. The van der Waals surface area contributed by atoms with Gasteiger partial charge in [0.15, 0.2) is 0 Å². The maximum Gasteiger partial charge on any atom is 0.264 e. The molecular formula is C17H18N2O4S. The number of amides is 1. The highest BCUT2D eigenvalue weighted by atomic mass is 32.2. The third kappa shape index (κ3) is 2.93. The van der Waals surface area contributed by atoms with Crippen LogP contribution in [0, 0.1) is 0 Å². The van der Waals surface area contributed by atoms with E-state index in [0.29, 0.717) is 5.06 Å². The number of hydroxylamine groups is 2. The summed E-state index contributed by atoms with van der Waals surface area (Å²) in [4.78, 5) is 12.0. The number of benzene rings is 2. The van der Waals surface area contributed by atoms with E-state index in [2.05, 4.69) is 0 Å². The molecule has 1 saturated heterocycles. The summed E-state index contributed by atoms with van der Waals surface area (Å²) in [5.41, 5.74) is 1.91. The summed E-state index contributed by atoms with van der Waals surface area (Å²) in [6.45, 7) is 0.135. The van der Waals surface area contributed by atoms with E-state index in [1.54, 1.807) is 12.1 Å². The average molecular weight is 346 g/mol. The molecule has 1 aliphatic heterocycles. The Labute approximate surface area is 140 Å². The van der Waals surface area contributed by atoms with Crippen molar-refractivity contribution in [2.45, 2.75) is 17.4 Å². The summed E-state index contributed by atoms with van der Waals surface area (Å²) < 4.78 is 26.4. The second-order valence-corrected chi connectivity index (χ2v) is 7.68. The minimum atomic E-state index is -3.80. The largest absolute Gasteiger partial charge is 0.286 e. The van der Waals surface area contributed by atoms with Crippen LogP contribution in [0.4, 0.5) is 0 Å². The van der Waals surface area contributed by atoms with Crippen molar-refractivity contribution in [2.24, 2.45) is 0 Å². The quantitative estimate of drug-likeness (QED) is 0.859. The van der Waals surface area contributed by atoms with Crippen molar-refractivity contribution in [1.82, 2.24) is 9.37 Å². The number of nitrogens with zero attached hydrogens (tertiary/aromatic N) is 2. The fourth-order valence-corrected chi connectivity index (χ4v) is 4.11. The summed E-state index contributed by atoms with van der Waals surface area (Å²) in [6, 6.07) is 15.3. The lowest BCUT2D eigenvalue weighted by Gasteiger charge is -2.22. The zero-order valence-corrected chi connectivity index (χ0v) is 14.0. The molecule has 3 rings (SSSR count). The maximum absolute atomic E-state index is 12.7. The molecule has 0 unspecified atom stereocenters. The zero-order valence-electron chi connectivity index (χ0n) is 13.2. The van der Waals surface area contributed by atoms with Crippen molar-refractivity contribution >= 4 is 15.9 Å². The maximum atomic E-state index is 12.7. The van der Waals surface area contributed by atoms with E-state index >= 15 is 0 Å². The van der Waals surface area contributed by atoms with E-state index in [0.717, 1.165) is 15.4 Å². The van der Waals surface area contributed by atoms with Gasteiger partial charge in [0.25, 0.3) is 5.91 Å². The highest BCUT2D eigenvalue weighted by Gasteiger charge is 2.39. The van der Waals surface area contributed by atoms with Crippen molar-refractivity contribution in [3.8, 4) is 11.1 Å². The average Bonchev–Trinajstić information content (AvgIpc) is 2.94. The van der Waals surface area contributed by atoms with Crippen molar-refractivity contribution in [3.63, 3.8) is 0 Å². The van der Waals surface area contributed by atoms with E-state index < -0.39 is 22.0 Å². The summed E-state index contributed by atoms with van der Waals surface area (Å²) >= 11 is 0. The monoisotopic (exact) mass is 346 g/mol. The molecular weight excluding hydrogens is 328 g/mol. The van der Waals surface area contributed by atoms with E-state index in [1.807, 2.05) is 30.3 Å². The van der Waals surface area contributed by atoms with Crippen LogP contribution in [0.5, 0.6) is 0 Å². The molecule has 126 valence electrons. The second kappa shape index (κ2) is 6.35. The van der Waals surface area contributed by atoms with Crippen LogP contribution in [0.2, 0.25) is 0 Å². The van der Waals surface area contributed by atoms with Crippen LogP contribution in [-0.4, -0.2) is 48.5 Å². The Morgan fingerprint density at radius 2 is 1.62 bits per heavy atom. The highest BCUT2D eigenvalue weighted by molar-refractivity contribution is 7.89. The number of carbonyl (C=O) groups is 1. The van der Waals surface area contributed by atoms with Crippen molar-refractivity contribution in [3.05, 3.63) is 54.6 Å². The Morgan fingerprint density at radius 3 is 2.17 bits per heavy atom. The molecule has 2 aromatic carbocycles. The number of rotatable bonds is 4. The Hall–Kier alpha value is -2.22. The molecule has 0 aliphatic carbocycles. The minimum absolute atomic E-state index is 0.119. The second-order valence-electron chi connectivity index (χ2n) is 5.68. The van der Waals surface area contributed by atoms with Crippen molar-refractivity contribution in [2.75, 3.05) is 13.6 Å². The summed E-state index contributed by atoms with van der Waals surface area (Å²) in [7, 11) is -2.44. The van der Waals surface area contributed by atoms with Crippen molar-refractivity contribution < 1.29 is 18.4 Å². The predicted molar refractivity (Wildman–Crippen MR) is 88.7 cm³/mol. The van der Waals surface area contributed by atoms with Crippen LogP contribution in [0.25, 0.3) is 11.1 Å². The SMILES string of the molecule is CN([C@H]1CCN(O)C1=O)S(=O)(=O)c1ccc(-c2ccccc2)cc1. The third-order valence-electron chi connectivity index (χ3n) is 4.23. The molecule has 1 fully saturated rings. The van der Waals surface area contributed by atoms with Gasteiger partial charge in [-0.2, -0.15) is 4.31 Å². The van der Waals surface area contributed by atoms with Gasteiger partial charge in [-0.05, 0) is 29.7 Å². The van der Waals surface area contributed by atoms with Gasteiger partial charge >= 0.3 is 0 Å². The number of hydrogen-bond acceptors (Lipinski definition) is 4. The number of carbonyl (C=O) groups excluding carboxylic acids is 1. The van der Waals surface area contributed by atoms with Gasteiger partial charge in [0, 0.05) is 7.05 Å². The predicted octanol–water partition coefficient (Wildman–Crippen LogP) is 1.96. The van der Waals surface area contributed by atoms with Gasteiger partial charge in [0.2, 0.25) is 10.0 Å². The molecule has 0 saturated carbocycles. The minimum Gasteiger partial charge on any atom is -0.286 e. The summed E-state index contributed by atoms with van der Waals surface area (Å²) in [5.74, 6) is -0.595. The van der Waals surface area contributed by atoms with E-state index in [-0.39, 0.29) is 17.9 Å². The Balaban J connectivity index is 1.86. The number of hydrogen-bond donors (Lipinski definition) is 1. The van der Waals surface area contributed by atoms with E-state index in [1.165, 1.54) is 19.2 Å². The third-order valence-corrected chi connectivity index (χ3v) is 6.11. The van der Waals surface area contributed by atoms with Gasteiger partial charge in [0.1, 0.15) is 6.04 Å². The molecule has 1 amide bonds. The van der Waals surface area contributed by atoms with Crippen LogP contribution in [0.3, 0.4) is 0 Å². The lowest BCUT2D eigenvalue weighted by molar-refractivity contribution is -0.159. The molecule has 24 heavy (non-hydrogen) atoms. The molecule has 0 spiro atoms. The van der Waals surface area contributed by atoms with Crippen LogP contribution < -0.4 is 0 Å². The Kier molecular flexibility index (Phi) is 4.40. The van der Waals surface area contributed by atoms with Gasteiger partial charge in [-0.15, -0.1) is 0 Å².